The Hall–Kier alpha value is -0.690. The molecule has 0 aromatic carbocycles. The van der Waals surface area contributed by atoms with Gasteiger partial charge in [0, 0.05) is 11.5 Å². The van der Waals surface area contributed by atoms with E-state index in [1.54, 1.807) is 0 Å². The van der Waals surface area contributed by atoms with Gasteiger partial charge in [0.25, 0.3) is 0 Å². The van der Waals surface area contributed by atoms with Gasteiger partial charge in [0.15, 0.2) is 0 Å². The van der Waals surface area contributed by atoms with Crippen LogP contribution in [0.5, 0.6) is 0 Å². The highest BCUT2D eigenvalue weighted by Crippen LogP contribution is 2.33. The molecule has 0 bridgehead atoms. The molecule has 0 aromatic heterocycles. The number of azide groups is 1. The van der Waals surface area contributed by atoms with E-state index in [0.717, 1.165) is 12.3 Å². The molecule has 1 saturated carbocycles. The molecule has 0 radical (unpaired) electrons. The van der Waals surface area contributed by atoms with Gasteiger partial charge < -0.3 is 0 Å². The van der Waals surface area contributed by atoms with Crippen LogP contribution >= 0.6 is 0 Å². The number of hydrogen-bond acceptors (Lipinski definition) is 1. The van der Waals surface area contributed by atoms with Crippen molar-refractivity contribution in [2.45, 2.75) is 32.1 Å². The van der Waals surface area contributed by atoms with Gasteiger partial charge in [-0.3, -0.25) is 0 Å². The zero-order valence-electron chi connectivity index (χ0n) is 6.16. The average Bonchev–Trinajstić information content (AvgIpc) is 2.71. The Morgan fingerprint density at radius 3 is 2.80 bits per heavy atom. The molecule has 3 heteroatoms. The summed E-state index contributed by atoms with van der Waals surface area (Å²) in [4.78, 5) is 2.69. The number of unbranched alkanes of at least 4 members (excludes halogenated alkanes) is 1. The van der Waals surface area contributed by atoms with Gasteiger partial charge in [-0.1, -0.05) is 30.8 Å². The van der Waals surface area contributed by atoms with Gasteiger partial charge in [0.1, 0.15) is 0 Å². The molecule has 0 aliphatic heterocycles. The molecule has 0 N–H and O–H groups in total. The second-order valence-electron chi connectivity index (χ2n) is 2.89. The van der Waals surface area contributed by atoms with Gasteiger partial charge in [-0.05, 0) is 17.9 Å². The quantitative estimate of drug-likeness (QED) is 0.243. The van der Waals surface area contributed by atoms with Crippen molar-refractivity contribution in [1.82, 2.24) is 0 Å². The maximum absolute atomic E-state index is 7.95. The third kappa shape index (κ3) is 3.36. The van der Waals surface area contributed by atoms with Crippen molar-refractivity contribution in [1.29, 1.82) is 0 Å². The summed E-state index contributed by atoms with van der Waals surface area (Å²) in [6.45, 7) is 0.684. The lowest BCUT2D eigenvalue weighted by Crippen LogP contribution is -1.81. The Bertz CT molecular complexity index is 134. The molecule has 0 heterocycles. The second kappa shape index (κ2) is 4.18. The molecule has 1 aliphatic carbocycles. The lowest BCUT2D eigenvalue weighted by atomic mass is 10.2. The molecule has 0 saturated heterocycles. The van der Waals surface area contributed by atoms with Crippen LogP contribution in [0.2, 0.25) is 0 Å². The van der Waals surface area contributed by atoms with Crippen molar-refractivity contribution in [3.8, 4) is 0 Å². The first kappa shape index (κ1) is 7.42. The molecule has 56 valence electrons. The molecule has 3 nitrogen and oxygen atoms in total. The highest BCUT2D eigenvalue weighted by atomic mass is 15.1. The van der Waals surface area contributed by atoms with Crippen LogP contribution in [-0.4, -0.2) is 6.54 Å². The SMILES string of the molecule is [N-]=[N+]=NCCCCC1CC1. The van der Waals surface area contributed by atoms with Crippen LogP contribution in [0.15, 0.2) is 5.11 Å². The van der Waals surface area contributed by atoms with E-state index in [1.165, 1.54) is 25.7 Å². The van der Waals surface area contributed by atoms with Gasteiger partial charge in [-0.2, -0.15) is 0 Å². The molecule has 0 amide bonds. The summed E-state index contributed by atoms with van der Waals surface area (Å²) < 4.78 is 0. The Labute approximate surface area is 61.1 Å². The first-order valence-electron chi connectivity index (χ1n) is 3.94. The van der Waals surface area contributed by atoms with E-state index in [2.05, 4.69) is 10.0 Å². The lowest BCUT2D eigenvalue weighted by Gasteiger charge is -1.92. The van der Waals surface area contributed by atoms with Crippen molar-refractivity contribution in [3.63, 3.8) is 0 Å². The van der Waals surface area contributed by atoms with Crippen LogP contribution in [0.25, 0.3) is 10.4 Å². The maximum Gasteiger partial charge on any atom is 0.0257 e. The van der Waals surface area contributed by atoms with E-state index in [-0.39, 0.29) is 0 Å². The molecule has 1 rings (SSSR count). The van der Waals surface area contributed by atoms with Gasteiger partial charge >= 0.3 is 0 Å². The Balaban J connectivity index is 1.80. The van der Waals surface area contributed by atoms with Crippen molar-refractivity contribution in [2.75, 3.05) is 6.54 Å². The van der Waals surface area contributed by atoms with E-state index in [9.17, 15) is 0 Å². The van der Waals surface area contributed by atoms with Crippen molar-refractivity contribution >= 4 is 0 Å². The van der Waals surface area contributed by atoms with Crippen LogP contribution in [0.4, 0.5) is 0 Å². The molecule has 0 aromatic rings. The van der Waals surface area contributed by atoms with E-state index in [0.29, 0.717) is 6.54 Å². The summed E-state index contributed by atoms with van der Waals surface area (Å²) in [6, 6.07) is 0. The van der Waals surface area contributed by atoms with Crippen LogP contribution in [0, 0.1) is 5.92 Å². The molecule has 1 aliphatic rings. The zero-order valence-corrected chi connectivity index (χ0v) is 6.16. The standard InChI is InChI=1S/C7H13N3/c8-10-9-6-2-1-3-7-4-5-7/h7H,1-6H2. The zero-order chi connectivity index (χ0) is 7.23. The molecule has 1 fully saturated rings. The van der Waals surface area contributed by atoms with E-state index in [4.69, 9.17) is 5.53 Å². The summed E-state index contributed by atoms with van der Waals surface area (Å²) in [6.07, 6.45) is 6.52. The van der Waals surface area contributed by atoms with E-state index >= 15 is 0 Å². The summed E-state index contributed by atoms with van der Waals surface area (Å²) in [7, 11) is 0. The first-order valence-corrected chi connectivity index (χ1v) is 3.94. The summed E-state index contributed by atoms with van der Waals surface area (Å²) in [5.74, 6) is 1.02. The van der Waals surface area contributed by atoms with Gasteiger partial charge in [0.05, 0.1) is 0 Å². The highest BCUT2D eigenvalue weighted by molar-refractivity contribution is 4.72. The maximum atomic E-state index is 7.95. The number of nitrogens with zero attached hydrogens (tertiary/aromatic N) is 3. The molecule has 0 unspecified atom stereocenters. The highest BCUT2D eigenvalue weighted by Gasteiger charge is 2.19. The van der Waals surface area contributed by atoms with Crippen LogP contribution in [-0.2, 0) is 0 Å². The average molecular weight is 139 g/mol. The van der Waals surface area contributed by atoms with E-state index < -0.39 is 0 Å². The topological polar surface area (TPSA) is 48.8 Å². The summed E-state index contributed by atoms with van der Waals surface area (Å²) in [5.41, 5.74) is 7.95. The van der Waals surface area contributed by atoms with E-state index in [1.807, 2.05) is 0 Å². The number of rotatable bonds is 5. The van der Waals surface area contributed by atoms with Crippen molar-refractivity contribution in [3.05, 3.63) is 10.4 Å². The Kier molecular flexibility index (Phi) is 3.10. The fraction of sp³-hybridized carbons (Fsp3) is 1.00. The fourth-order valence-corrected chi connectivity index (χ4v) is 1.07. The Morgan fingerprint density at radius 1 is 1.40 bits per heavy atom. The smallest absolute Gasteiger partial charge is 0.0257 e. The normalized spacial score (nSPS) is 16.4. The summed E-state index contributed by atoms with van der Waals surface area (Å²) in [5, 5.41) is 3.47. The molecular weight excluding hydrogens is 126 g/mol. The molecule has 0 atom stereocenters. The fourth-order valence-electron chi connectivity index (χ4n) is 1.07. The monoisotopic (exact) mass is 139 g/mol. The van der Waals surface area contributed by atoms with Gasteiger partial charge in [0.2, 0.25) is 0 Å². The largest absolute Gasteiger partial charge is 0.0940 e. The molecular formula is C7H13N3. The Morgan fingerprint density at radius 2 is 2.20 bits per heavy atom. The third-order valence-electron chi connectivity index (χ3n) is 1.88. The summed E-state index contributed by atoms with van der Waals surface area (Å²) >= 11 is 0. The van der Waals surface area contributed by atoms with Crippen molar-refractivity contribution in [2.24, 2.45) is 11.0 Å². The third-order valence-corrected chi connectivity index (χ3v) is 1.88. The number of hydrogen-bond donors (Lipinski definition) is 0. The minimum Gasteiger partial charge on any atom is -0.0940 e. The second-order valence-corrected chi connectivity index (χ2v) is 2.89. The lowest BCUT2D eigenvalue weighted by molar-refractivity contribution is 0.634. The van der Waals surface area contributed by atoms with Gasteiger partial charge in [-0.25, -0.2) is 0 Å². The van der Waals surface area contributed by atoms with Crippen LogP contribution in [0.3, 0.4) is 0 Å². The first-order chi connectivity index (χ1) is 4.93. The molecule has 0 spiro atoms. The van der Waals surface area contributed by atoms with Crippen LogP contribution in [0.1, 0.15) is 32.1 Å². The van der Waals surface area contributed by atoms with Crippen LogP contribution < -0.4 is 0 Å². The predicted molar refractivity (Wildman–Crippen MR) is 40.6 cm³/mol. The van der Waals surface area contributed by atoms with Gasteiger partial charge in [-0.15, -0.1) is 0 Å². The minimum absolute atomic E-state index is 0.684. The minimum atomic E-state index is 0.684. The molecule has 10 heavy (non-hydrogen) atoms. The van der Waals surface area contributed by atoms with Crippen molar-refractivity contribution < 1.29 is 0 Å². The predicted octanol–water partition coefficient (Wildman–Crippen LogP) is 2.88.